The predicted octanol–water partition coefficient (Wildman–Crippen LogP) is -8.22. The van der Waals surface area contributed by atoms with Gasteiger partial charge in [-0.05, 0) is 0 Å². The van der Waals surface area contributed by atoms with E-state index in [1.807, 2.05) is 0 Å². The monoisotopic (exact) mass is 633 g/mol. The number of hydrogen-bond donors (Lipinski definition) is 13. The minimum atomic E-state index is -2.85. The molecule has 0 aromatic carbocycles. The minimum Gasteiger partial charge on any atom is -0.477 e. The molecule has 3 aliphatic heterocycles. The van der Waals surface area contributed by atoms with Gasteiger partial charge in [-0.15, -0.1) is 0 Å². The van der Waals surface area contributed by atoms with Gasteiger partial charge in [0, 0.05) is 13.3 Å². The van der Waals surface area contributed by atoms with Crippen LogP contribution in [-0.2, 0) is 33.3 Å². The van der Waals surface area contributed by atoms with Gasteiger partial charge in [-0.3, -0.25) is 4.79 Å². The Kier molecular flexibility index (Phi) is 12.1. The first-order valence-corrected chi connectivity index (χ1v) is 13.2. The quantitative estimate of drug-likeness (QED) is 0.100. The fraction of sp³-hybridized carbons (Fsp3) is 0.913. The SMILES string of the molecule is CC(=O)N[C@H]1[C@H]([C@H](O)[C@H](O)CO)O[C@](OC[C@H]2O[C@@H](O)[C@H](O)[C@@H](O)[C@@H]2O[C@@H]2O[C@H](CO)[C@H](O)[C@H](O)[C@H]2O)(C(=O)O)C[C@@H]1O. The van der Waals surface area contributed by atoms with Crippen LogP contribution in [0.4, 0.5) is 0 Å². The van der Waals surface area contributed by atoms with Gasteiger partial charge in [0.05, 0.1) is 32.0 Å². The van der Waals surface area contributed by atoms with Crippen molar-refractivity contribution in [2.45, 2.75) is 111 Å². The summed E-state index contributed by atoms with van der Waals surface area (Å²) in [5.41, 5.74) is 0. The van der Waals surface area contributed by atoms with E-state index < -0.39 is 136 Å². The maximum Gasteiger partial charge on any atom is 0.364 e. The van der Waals surface area contributed by atoms with Crippen LogP contribution < -0.4 is 5.32 Å². The molecule has 13 N–H and O–H groups in total. The molecule has 3 aliphatic rings. The van der Waals surface area contributed by atoms with Gasteiger partial charge in [-0.25, -0.2) is 4.79 Å². The van der Waals surface area contributed by atoms with E-state index in [1.165, 1.54) is 0 Å². The van der Waals surface area contributed by atoms with Gasteiger partial charge in [0.25, 0.3) is 5.79 Å². The van der Waals surface area contributed by atoms with Crippen LogP contribution in [0.1, 0.15) is 13.3 Å². The lowest BCUT2D eigenvalue weighted by atomic mass is 9.88. The molecule has 0 aromatic heterocycles. The molecule has 20 nitrogen and oxygen atoms in total. The number of ether oxygens (including phenoxy) is 5. The average molecular weight is 634 g/mol. The van der Waals surface area contributed by atoms with Crippen molar-refractivity contribution in [2.24, 2.45) is 0 Å². The third-order valence-corrected chi connectivity index (χ3v) is 7.47. The van der Waals surface area contributed by atoms with Crippen molar-refractivity contribution in [3.8, 4) is 0 Å². The van der Waals surface area contributed by atoms with Crippen molar-refractivity contribution in [3.63, 3.8) is 0 Å². The zero-order chi connectivity index (χ0) is 32.4. The fourth-order valence-electron chi connectivity index (χ4n) is 5.05. The Bertz CT molecular complexity index is 942. The molecule has 0 aliphatic carbocycles. The number of carbonyl (C=O) groups is 2. The summed E-state index contributed by atoms with van der Waals surface area (Å²) < 4.78 is 26.9. The maximum atomic E-state index is 12.4. The van der Waals surface area contributed by atoms with Crippen LogP contribution in [0.5, 0.6) is 0 Å². The molecule has 250 valence electrons. The average Bonchev–Trinajstić information content (AvgIpc) is 2.96. The Balaban J connectivity index is 1.87. The standard InChI is InChI=1S/C23H39NO19/c1-6(27)24-11-7(28)2-23(22(37)38,43-19(11)12(30)8(29)3-25)39-5-10-18(15(33)16(34)20(36)40-10)42-21-17(35)14(32)13(31)9(4-26)41-21/h7-21,25-26,28-36H,2-5H2,1H3,(H,24,27)(H,37,38)/t7-,8+,9+,10+,11+,12+,13-,14-,15+,16+,17+,18+,19+,20+,21-,23-/m0/s1. The lowest BCUT2D eigenvalue weighted by Gasteiger charge is -2.48. The van der Waals surface area contributed by atoms with Gasteiger partial charge in [0.2, 0.25) is 5.91 Å². The van der Waals surface area contributed by atoms with E-state index in [1.54, 1.807) is 0 Å². The number of aliphatic hydroxyl groups is 11. The third-order valence-electron chi connectivity index (χ3n) is 7.47. The van der Waals surface area contributed by atoms with Crippen LogP contribution in [0, 0.1) is 0 Å². The molecule has 3 rings (SSSR count). The normalized spacial score (nSPS) is 45.3. The highest BCUT2D eigenvalue weighted by Gasteiger charge is 2.57. The number of nitrogens with one attached hydrogen (secondary N) is 1. The smallest absolute Gasteiger partial charge is 0.364 e. The number of carboxylic acid groups (broad SMARTS) is 1. The zero-order valence-corrected chi connectivity index (χ0v) is 22.7. The largest absolute Gasteiger partial charge is 0.477 e. The molecule has 3 fully saturated rings. The van der Waals surface area contributed by atoms with Crippen LogP contribution in [0.25, 0.3) is 0 Å². The van der Waals surface area contributed by atoms with E-state index in [4.69, 9.17) is 23.7 Å². The number of carboxylic acids is 1. The van der Waals surface area contributed by atoms with Crippen LogP contribution >= 0.6 is 0 Å². The van der Waals surface area contributed by atoms with E-state index in [9.17, 15) is 70.9 Å². The third kappa shape index (κ3) is 7.58. The van der Waals surface area contributed by atoms with E-state index in [0.717, 1.165) is 6.92 Å². The molecule has 0 unspecified atom stereocenters. The molecule has 0 saturated carbocycles. The second kappa shape index (κ2) is 14.6. The van der Waals surface area contributed by atoms with E-state index in [0.29, 0.717) is 0 Å². The Hall–Kier alpha value is -1.70. The molecule has 3 saturated heterocycles. The summed E-state index contributed by atoms with van der Waals surface area (Å²) in [5.74, 6) is -5.46. The van der Waals surface area contributed by atoms with Crippen molar-refractivity contribution >= 4 is 11.9 Å². The van der Waals surface area contributed by atoms with Crippen molar-refractivity contribution in [1.29, 1.82) is 0 Å². The summed E-state index contributed by atoms with van der Waals surface area (Å²) in [6, 6.07) is -1.49. The number of hydrogen-bond acceptors (Lipinski definition) is 18. The van der Waals surface area contributed by atoms with Gasteiger partial charge in [-0.2, -0.15) is 0 Å². The van der Waals surface area contributed by atoms with E-state index >= 15 is 0 Å². The highest BCUT2D eigenvalue weighted by Crippen LogP contribution is 2.35. The molecule has 0 spiro atoms. The first kappa shape index (κ1) is 35.8. The Labute approximate surface area is 243 Å². The molecule has 16 atom stereocenters. The first-order valence-electron chi connectivity index (χ1n) is 13.2. The van der Waals surface area contributed by atoms with Crippen LogP contribution in [0.15, 0.2) is 0 Å². The van der Waals surface area contributed by atoms with Crippen molar-refractivity contribution in [3.05, 3.63) is 0 Å². The van der Waals surface area contributed by atoms with E-state index in [2.05, 4.69) is 5.32 Å². The highest BCUT2D eigenvalue weighted by atomic mass is 16.8. The molecule has 0 aromatic rings. The van der Waals surface area contributed by atoms with Gasteiger partial charge >= 0.3 is 5.97 Å². The fourth-order valence-corrected chi connectivity index (χ4v) is 5.05. The highest BCUT2D eigenvalue weighted by molar-refractivity contribution is 5.76. The second-order valence-electron chi connectivity index (χ2n) is 10.5. The van der Waals surface area contributed by atoms with Crippen LogP contribution in [0.2, 0.25) is 0 Å². The van der Waals surface area contributed by atoms with Crippen LogP contribution in [0.3, 0.4) is 0 Å². The summed E-state index contributed by atoms with van der Waals surface area (Å²) >= 11 is 0. The molecule has 20 heteroatoms. The van der Waals surface area contributed by atoms with Gasteiger partial charge in [0.1, 0.15) is 67.1 Å². The minimum absolute atomic E-state index is 0.725. The molecule has 43 heavy (non-hydrogen) atoms. The van der Waals surface area contributed by atoms with Crippen molar-refractivity contribution in [1.82, 2.24) is 5.32 Å². The molecule has 1 amide bonds. The maximum absolute atomic E-state index is 12.4. The predicted molar refractivity (Wildman–Crippen MR) is 130 cm³/mol. The lowest BCUT2D eigenvalue weighted by Crippen LogP contribution is -2.68. The van der Waals surface area contributed by atoms with E-state index in [-0.39, 0.29) is 0 Å². The summed E-state index contributed by atoms with van der Waals surface area (Å²) in [7, 11) is 0. The van der Waals surface area contributed by atoms with Gasteiger partial charge in [-0.1, -0.05) is 0 Å². The summed E-state index contributed by atoms with van der Waals surface area (Å²) in [6.45, 7) is -1.77. The van der Waals surface area contributed by atoms with Crippen LogP contribution in [-0.4, -0.2) is 191 Å². The number of rotatable bonds is 11. The zero-order valence-electron chi connectivity index (χ0n) is 22.7. The molecule has 0 radical (unpaired) electrons. The summed E-state index contributed by atoms with van der Waals surface area (Å²) in [4.78, 5) is 24.1. The number of carbonyl (C=O) groups excluding carboxylic acids is 1. The molecule has 0 bridgehead atoms. The number of aliphatic hydroxyl groups excluding tert-OH is 11. The van der Waals surface area contributed by atoms with Crippen molar-refractivity contribution in [2.75, 3.05) is 19.8 Å². The lowest BCUT2D eigenvalue weighted by molar-refractivity contribution is -0.365. The van der Waals surface area contributed by atoms with Crippen molar-refractivity contribution < 1.29 is 94.6 Å². The molecular formula is C23H39NO19. The Morgan fingerprint density at radius 2 is 1.58 bits per heavy atom. The Morgan fingerprint density at radius 1 is 0.930 bits per heavy atom. The summed E-state index contributed by atoms with van der Waals surface area (Å²) in [5, 5.41) is 123. The van der Waals surface area contributed by atoms with Gasteiger partial charge in [0.15, 0.2) is 12.6 Å². The molecule has 3 heterocycles. The van der Waals surface area contributed by atoms with Gasteiger partial charge < -0.3 is 90.3 Å². The number of amides is 1. The molecular weight excluding hydrogens is 594 g/mol. The topological polar surface area (TPSA) is 335 Å². The first-order chi connectivity index (χ1) is 20.1. The number of aliphatic carboxylic acids is 1. The Morgan fingerprint density at radius 3 is 2.14 bits per heavy atom. The summed E-state index contributed by atoms with van der Waals surface area (Å²) in [6.07, 6.45) is -27.1. The second-order valence-corrected chi connectivity index (χ2v) is 10.5.